The number of unbranched alkanes of at least 4 members (excludes halogenated alkanes) is 5. The maximum Gasteiger partial charge on any atom is 0.334 e. The second-order valence-corrected chi connectivity index (χ2v) is 9.99. The molecule has 1 aromatic carbocycles. The van der Waals surface area contributed by atoms with E-state index in [1.54, 1.807) is 6.92 Å². The molecule has 1 N–H and O–H groups in total. The molecule has 0 saturated carbocycles. The Hall–Kier alpha value is -2.89. The van der Waals surface area contributed by atoms with Crippen molar-refractivity contribution in [1.29, 1.82) is 0 Å². The van der Waals surface area contributed by atoms with Crippen LogP contribution in [0, 0.1) is 5.41 Å². The first-order chi connectivity index (χ1) is 17.2. The number of hydrogen-bond acceptors (Lipinski definition) is 5. The van der Waals surface area contributed by atoms with Gasteiger partial charge in [-0.15, -0.1) is 0 Å². The van der Waals surface area contributed by atoms with E-state index >= 15 is 0 Å². The van der Waals surface area contributed by atoms with Crippen LogP contribution in [0.2, 0.25) is 0 Å². The summed E-state index contributed by atoms with van der Waals surface area (Å²) in [6.07, 6.45) is 13.6. The van der Waals surface area contributed by atoms with Gasteiger partial charge in [-0.25, -0.2) is 4.79 Å². The number of methoxy groups -OCH3 is 1. The van der Waals surface area contributed by atoms with Crippen LogP contribution in [0.3, 0.4) is 0 Å². The van der Waals surface area contributed by atoms with Gasteiger partial charge >= 0.3 is 11.9 Å². The Kier molecular flexibility index (Phi) is 15.2. The topological polar surface area (TPSA) is 81.7 Å². The quantitative estimate of drug-likeness (QED) is 0.129. The molecule has 0 aromatic heterocycles. The third kappa shape index (κ3) is 13.9. The van der Waals surface area contributed by atoms with Crippen molar-refractivity contribution in [2.24, 2.45) is 5.41 Å². The molecule has 6 heteroatoms. The highest BCUT2D eigenvalue weighted by molar-refractivity contribution is 5.89. The molecular formula is C30H45NO5. The summed E-state index contributed by atoms with van der Waals surface area (Å²) in [4.78, 5) is 36.5. The molecule has 0 spiro atoms. The molecule has 1 atom stereocenters. The van der Waals surface area contributed by atoms with E-state index in [1.807, 2.05) is 63.3 Å². The highest BCUT2D eigenvalue weighted by atomic mass is 16.5. The van der Waals surface area contributed by atoms with Crippen molar-refractivity contribution in [3.05, 3.63) is 59.7 Å². The Labute approximate surface area is 217 Å². The third-order valence-electron chi connectivity index (χ3n) is 5.72. The van der Waals surface area contributed by atoms with Gasteiger partial charge in [0.2, 0.25) is 5.91 Å². The Balaban J connectivity index is 2.75. The molecule has 0 bridgehead atoms. The van der Waals surface area contributed by atoms with Gasteiger partial charge in [0.15, 0.2) is 0 Å². The standard InChI is InChI=1S/C30H45NO5/c1-6-36-28(33)25(20-16-11-9-7-8-10-12-17-21-27(32)35-5)23-26(31-29(34)30(2,3)4)22-24-18-14-13-15-19-24/h11,13-16,18-19,23,26H,6-10,12,17,20-22H2,1-5H3,(H,31,34)/b16-11+,25-23-/t26-/m0/s1. The number of allylic oxidation sites excluding steroid dienone is 2. The molecule has 200 valence electrons. The maximum absolute atomic E-state index is 12.7. The summed E-state index contributed by atoms with van der Waals surface area (Å²) in [5, 5.41) is 3.10. The van der Waals surface area contributed by atoms with Crippen LogP contribution in [-0.2, 0) is 30.3 Å². The number of nitrogens with one attached hydrogen (secondary N) is 1. The minimum atomic E-state index is -0.536. The van der Waals surface area contributed by atoms with E-state index in [4.69, 9.17) is 4.74 Å². The van der Waals surface area contributed by atoms with Crippen molar-refractivity contribution in [3.8, 4) is 0 Å². The molecule has 0 saturated heterocycles. The van der Waals surface area contributed by atoms with Crippen molar-refractivity contribution < 1.29 is 23.9 Å². The van der Waals surface area contributed by atoms with E-state index in [0.29, 0.717) is 31.4 Å². The zero-order valence-electron chi connectivity index (χ0n) is 22.8. The average molecular weight is 500 g/mol. The highest BCUT2D eigenvalue weighted by Crippen LogP contribution is 2.17. The highest BCUT2D eigenvalue weighted by Gasteiger charge is 2.24. The van der Waals surface area contributed by atoms with Crippen LogP contribution < -0.4 is 5.32 Å². The lowest BCUT2D eigenvalue weighted by Gasteiger charge is -2.23. The Morgan fingerprint density at radius 1 is 0.972 bits per heavy atom. The van der Waals surface area contributed by atoms with Crippen molar-refractivity contribution in [2.75, 3.05) is 13.7 Å². The Morgan fingerprint density at radius 2 is 1.64 bits per heavy atom. The SMILES string of the molecule is CCOC(=O)/C(=C\[C@H](Cc1ccccc1)NC(=O)C(C)(C)C)C/C=C/CCCCCCCC(=O)OC. The summed E-state index contributed by atoms with van der Waals surface area (Å²) in [5.41, 5.74) is 1.09. The van der Waals surface area contributed by atoms with Gasteiger partial charge in [-0.05, 0) is 44.6 Å². The van der Waals surface area contributed by atoms with Crippen molar-refractivity contribution in [3.63, 3.8) is 0 Å². The summed E-state index contributed by atoms with van der Waals surface area (Å²) in [5.74, 6) is -0.562. The molecule has 0 aliphatic heterocycles. The van der Waals surface area contributed by atoms with E-state index < -0.39 is 5.41 Å². The lowest BCUT2D eigenvalue weighted by atomic mass is 9.94. The molecule has 0 unspecified atom stereocenters. The number of benzene rings is 1. The molecule has 1 amide bonds. The van der Waals surface area contributed by atoms with Crippen molar-refractivity contribution >= 4 is 17.8 Å². The molecule has 1 rings (SSSR count). The molecular weight excluding hydrogens is 454 g/mol. The van der Waals surface area contributed by atoms with Crippen molar-refractivity contribution in [1.82, 2.24) is 5.32 Å². The number of hydrogen-bond donors (Lipinski definition) is 1. The van der Waals surface area contributed by atoms with Crippen LogP contribution in [0.1, 0.15) is 84.6 Å². The molecule has 0 heterocycles. The second-order valence-electron chi connectivity index (χ2n) is 9.99. The fourth-order valence-corrected chi connectivity index (χ4v) is 3.58. The molecule has 1 aromatic rings. The Bertz CT molecular complexity index is 852. The summed E-state index contributed by atoms with van der Waals surface area (Å²) in [6, 6.07) is 9.61. The van der Waals surface area contributed by atoms with Gasteiger partial charge in [0.25, 0.3) is 0 Å². The fraction of sp³-hybridized carbons (Fsp3) is 0.567. The van der Waals surface area contributed by atoms with Crippen molar-refractivity contribution in [2.45, 2.75) is 91.5 Å². The first-order valence-electron chi connectivity index (χ1n) is 13.1. The first-order valence-corrected chi connectivity index (χ1v) is 13.1. The van der Waals surface area contributed by atoms with Gasteiger partial charge < -0.3 is 14.8 Å². The Morgan fingerprint density at radius 3 is 2.28 bits per heavy atom. The average Bonchev–Trinajstić information content (AvgIpc) is 2.84. The fourth-order valence-electron chi connectivity index (χ4n) is 3.58. The predicted molar refractivity (Wildman–Crippen MR) is 144 cm³/mol. The van der Waals surface area contributed by atoms with E-state index in [9.17, 15) is 14.4 Å². The lowest BCUT2D eigenvalue weighted by molar-refractivity contribution is -0.141. The molecule has 6 nitrogen and oxygen atoms in total. The van der Waals surface area contributed by atoms with Gasteiger partial charge in [0.05, 0.1) is 19.8 Å². The van der Waals surface area contributed by atoms with Gasteiger partial charge in [-0.2, -0.15) is 0 Å². The third-order valence-corrected chi connectivity index (χ3v) is 5.72. The molecule has 0 aliphatic carbocycles. The number of carbonyl (C=O) groups is 3. The maximum atomic E-state index is 12.7. The molecule has 0 radical (unpaired) electrons. The summed E-state index contributed by atoms with van der Waals surface area (Å²) in [6.45, 7) is 7.71. The molecule has 0 fully saturated rings. The van der Waals surface area contributed by atoms with Crippen LogP contribution in [-0.4, -0.2) is 37.6 Å². The molecule has 0 aliphatic rings. The normalized spacial score (nSPS) is 12.9. The van der Waals surface area contributed by atoms with Crippen LogP contribution in [0.5, 0.6) is 0 Å². The summed E-state index contributed by atoms with van der Waals surface area (Å²) < 4.78 is 9.95. The van der Waals surface area contributed by atoms with Crippen LogP contribution in [0.4, 0.5) is 0 Å². The van der Waals surface area contributed by atoms with E-state index in [-0.39, 0.29) is 23.9 Å². The number of ether oxygens (including phenoxy) is 2. The summed E-state index contributed by atoms with van der Waals surface area (Å²) in [7, 11) is 1.42. The first kappa shape index (κ1) is 31.1. The van der Waals surface area contributed by atoms with Crippen LogP contribution in [0.25, 0.3) is 0 Å². The van der Waals surface area contributed by atoms with Crippen LogP contribution >= 0.6 is 0 Å². The monoisotopic (exact) mass is 499 g/mol. The molecule has 36 heavy (non-hydrogen) atoms. The van der Waals surface area contributed by atoms with Gasteiger partial charge in [-0.3, -0.25) is 9.59 Å². The second kappa shape index (κ2) is 17.5. The minimum Gasteiger partial charge on any atom is -0.469 e. The van der Waals surface area contributed by atoms with E-state index in [1.165, 1.54) is 7.11 Å². The van der Waals surface area contributed by atoms with Gasteiger partial charge in [-0.1, -0.05) is 88.6 Å². The number of esters is 2. The zero-order chi connectivity index (χ0) is 26.8. The lowest BCUT2D eigenvalue weighted by Crippen LogP contribution is -2.42. The minimum absolute atomic E-state index is 0.0648. The largest absolute Gasteiger partial charge is 0.469 e. The number of amides is 1. The zero-order valence-corrected chi connectivity index (χ0v) is 22.8. The number of carbonyl (C=O) groups excluding carboxylic acids is 3. The summed E-state index contributed by atoms with van der Waals surface area (Å²) >= 11 is 0. The van der Waals surface area contributed by atoms with Gasteiger partial charge in [0.1, 0.15) is 0 Å². The predicted octanol–water partition coefficient (Wildman–Crippen LogP) is 6.10. The van der Waals surface area contributed by atoms with E-state index in [0.717, 1.165) is 44.1 Å². The van der Waals surface area contributed by atoms with Gasteiger partial charge in [0, 0.05) is 17.4 Å². The van der Waals surface area contributed by atoms with Crippen LogP contribution in [0.15, 0.2) is 54.1 Å². The number of rotatable bonds is 16. The smallest absolute Gasteiger partial charge is 0.334 e. The van der Waals surface area contributed by atoms with E-state index in [2.05, 4.69) is 16.1 Å².